The molecule has 0 N–H and O–H groups in total. The fourth-order valence-corrected chi connectivity index (χ4v) is 0.823. The molecule has 0 fully saturated rings. The maximum atomic E-state index is 10.2. The molecule has 2 aromatic carbocycles. The Morgan fingerprint density at radius 2 is 0.941 bits per heavy atom. The van der Waals surface area contributed by atoms with Gasteiger partial charge in [-0.1, -0.05) is 0 Å². The minimum absolute atomic E-state index is 0. The van der Waals surface area contributed by atoms with E-state index in [1.165, 1.54) is 0 Å². The molecule has 2 rings (SSSR count). The van der Waals surface area contributed by atoms with Gasteiger partial charge >= 0.3 is 0 Å². The first kappa shape index (κ1) is 16.1. The second kappa shape index (κ2) is 8.26. The number of halogens is 2. The third-order valence-electron chi connectivity index (χ3n) is 1.27. The first-order valence-electron chi connectivity index (χ1n) is 3.79. The van der Waals surface area contributed by atoms with Crippen LogP contribution in [-0.2, 0) is 17.1 Å². The summed E-state index contributed by atoms with van der Waals surface area (Å²) in [6.07, 6.45) is 0. The second-order valence-electron chi connectivity index (χ2n) is 2.30. The molecule has 2 nitrogen and oxygen atoms in total. The summed E-state index contributed by atoms with van der Waals surface area (Å²) in [6, 6.07) is 19.3. The van der Waals surface area contributed by atoms with Crippen LogP contribution in [0.4, 0.5) is 0 Å². The number of rotatable bonds is 2. The van der Waals surface area contributed by atoms with Gasteiger partial charge in [-0.15, -0.1) is 0 Å². The molecule has 17 heavy (non-hydrogen) atoms. The quantitative estimate of drug-likeness (QED) is 0.483. The predicted molar refractivity (Wildman–Crippen MR) is 55.1 cm³/mol. The van der Waals surface area contributed by atoms with E-state index in [1.807, 2.05) is 0 Å². The SMILES string of the molecule is O=C(Cl)[c-]1[c-][c-][c-][c-]1.O=C(Cl)[c-]1[c-][c-][c-][c-]1.[Fe]. The van der Waals surface area contributed by atoms with Crippen molar-refractivity contribution in [3.8, 4) is 0 Å². The average Bonchev–Trinajstić information content (AvgIpc) is 2.93. The second-order valence-corrected chi connectivity index (χ2v) is 2.98. The molecule has 0 aromatic heterocycles. The Balaban J connectivity index is 0.000000284. The molecule has 2 aromatic rings. The Morgan fingerprint density at radius 3 is 1.06 bits per heavy atom. The van der Waals surface area contributed by atoms with Crippen molar-refractivity contribution in [1.29, 1.82) is 0 Å². The van der Waals surface area contributed by atoms with Gasteiger partial charge in [-0.3, -0.25) is 23.2 Å². The van der Waals surface area contributed by atoms with E-state index < -0.39 is 10.5 Å². The fraction of sp³-hybridized carbons (Fsp3) is 0. The Hall–Kier alpha value is -0.861. The molecular formula is C12Cl2FeO2-10. The van der Waals surface area contributed by atoms with Crippen LogP contribution in [0.25, 0.3) is 0 Å². The third-order valence-corrected chi connectivity index (χ3v) is 1.65. The number of carbonyl (C=O) groups is 2. The topological polar surface area (TPSA) is 34.1 Å². The summed E-state index contributed by atoms with van der Waals surface area (Å²) in [5, 5.41) is -1.13. The molecule has 0 aliphatic carbocycles. The smallest absolute Gasteiger partial charge is 0 e. The summed E-state index contributed by atoms with van der Waals surface area (Å²) in [5.74, 6) is 0. The van der Waals surface area contributed by atoms with Crippen LogP contribution in [0.5, 0.6) is 0 Å². The van der Waals surface area contributed by atoms with Gasteiger partial charge in [-0.25, -0.2) is 0 Å². The normalized spacial score (nSPS) is 8.59. The van der Waals surface area contributed by atoms with Gasteiger partial charge in [0.2, 0.25) is 0 Å². The minimum Gasteiger partial charge on any atom is -0.886 e. The van der Waals surface area contributed by atoms with Crippen molar-refractivity contribution in [1.82, 2.24) is 0 Å². The predicted octanol–water partition coefficient (Wildman–Crippen LogP) is 1.97. The van der Waals surface area contributed by atoms with E-state index in [1.54, 1.807) is 0 Å². The van der Waals surface area contributed by atoms with E-state index in [-0.39, 0.29) is 28.2 Å². The first-order valence-corrected chi connectivity index (χ1v) is 4.54. The van der Waals surface area contributed by atoms with Crippen LogP contribution in [0.1, 0.15) is 20.7 Å². The van der Waals surface area contributed by atoms with E-state index in [9.17, 15) is 9.59 Å². The van der Waals surface area contributed by atoms with Crippen LogP contribution in [0.3, 0.4) is 0 Å². The molecule has 0 amide bonds. The summed E-state index contributed by atoms with van der Waals surface area (Å²) >= 11 is 10.0. The van der Waals surface area contributed by atoms with Crippen molar-refractivity contribution in [2.45, 2.75) is 0 Å². The van der Waals surface area contributed by atoms with Gasteiger partial charge < -0.3 is 69.2 Å². The molecular weight excluding hydrogens is 303 g/mol. The maximum absolute atomic E-state index is 10.2. The van der Waals surface area contributed by atoms with Crippen molar-refractivity contribution < 1.29 is 26.7 Å². The van der Waals surface area contributed by atoms with Gasteiger partial charge in [0.1, 0.15) is 0 Å². The van der Waals surface area contributed by atoms with Crippen LogP contribution in [0.2, 0.25) is 0 Å². The van der Waals surface area contributed by atoms with Gasteiger partial charge in [-0.05, 0) is 0 Å². The van der Waals surface area contributed by atoms with Crippen LogP contribution in [0.15, 0.2) is 0 Å². The standard InChI is InChI=1S/2C6ClO.Fe/c2*7-6(8)5-3-1-2-4-5;/q2*-5;. The fourth-order valence-electron chi connectivity index (χ4n) is 0.634. The molecule has 92 valence electrons. The molecule has 0 unspecified atom stereocenters. The zero-order valence-electron chi connectivity index (χ0n) is 7.93. The molecule has 5 heteroatoms. The maximum Gasteiger partial charge on any atom is 0 e. The summed E-state index contributed by atoms with van der Waals surface area (Å²) in [5.41, 5.74) is 0.401. The van der Waals surface area contributed by atoms with Crippen molar-refractivity contribution in [3.05, 3.63) is 59.7 Å². The Morgan fingerprint density at radius 1 is 0.706 bits per heavy atom. The zero-order chi connectivity index (χ0) is 12.0. The molecule has 0 radical (unpaired) electrons. The Labute approximate surface area is 120 Å². The van der Waals surface area contributed by atoms with Crippen LogP contribution in [-0.4, -0.2) is 10.5 Å². The molecule has 0 atom stereocenters. The molecule has 0 saturated carbocycles. The molecule has 0 aliphatic heterocycles. The number of carbonyl (C=O) groups excluding carboxylic acids is 2. The molecule has 0 aliphatic rings. The van der Waals surface area contributed by atoms with Gasteiger partial charge in [0.25, 0.3) is 0 Å². The first-order chi connectivity index (χ1) is 7.61. The van der Waals surface area contributed by atoms with E-state index in [0.29, 0.717) is 0 Å². The van der Waals surface area contributed by atoms with Gasteiger partial charge in [0.05, 0.1) is 0 Å². The third kappa shape index (κ3) is 5.85. The van der Waals surface area contributed by atoms with Crippen LogP contribution >= 0.6 is 23.2 Å². The summed E-state index contributed by atoms with van der Waals surface area (Å²) in [7, 11) is 0. The minimum atomic E-state index is -0.567. The average molecular weight is 303 g/mol. The molecule has 0 saturated heterocycles. The molecule has 0 heterocycles. The van der Waals surface area contributed by atoms with Crippen molar-refractivity contribution in [2.24, 2.45) is 0 Å². The number of hydrogen-bond acceptors (Lipinski definition) is 2. The van der Waals surface area contributed by atoms with Gasteiger partial charge in [0, 0.05) is 17.1 Å². The Kier molecular flexibility index (Phi) is 7.84. The largest absolute Gasteiger partial charge is 0.886 e. The summed E-state index contributed by atoms with van der Waals surface area (Å²) in [6.45, 7) is 0. The van der Waals surface area contributed by atoms with Crippen molar-refractivity contribution in [2.75, 3.05) is 0 Å². The van der Waals surface area contributed by atoms with Crippen LogP contribution in [0, 0.1) is 48.5 Å². The van der Waals surface area contributed by atoms with E-state index in [4.69, 9.17) is 23.2 Å². The molecule has 0 spiro atoms. The monoisotopic (exact) mass is 302 g/mol. The van der Waals surface area contributed by atoms with Crippen molar-refractivity contribution >= 4 is 33.7 Å². The van der Waals surface area contributed by atoms with E-state index >= 15 is 0 Å². The van der Waals surface area contributed by atoms with Gasteiger partial charge in [0.15, 0.2) is 0 Å². The Bertz CT molecular complexity index is 403. The number of hydrogen-bond donors (Lipinski definition) is 0. The summed E-state index contributed by atoms with van der Waals surface area (Å²) < 4.78 is 0. The van der Waals surface area contributed by atoms with E-state index in [0.717, 1.165) is 0 Å². The van der Waals surface area contributed by atoms with Gasteiger partial charge in [-0.2, -0.15) is 10.5 Å². The van der Waals surface area contributed by atoms with Crippen molar-refractivity contribution in [3.63, 3.8) is 0 Å². The molecule has 0 bridgehead atoms. The summed E-state index contributed by atoms with van der Waals surface area (Å²) in [4.78, 5) is 20.3. The van der Waals surface area contributed by atoms with E-state index in [2.05, 4.69) is 48.5 Å². The van der Waals surface area contributed by atoms with Crippen LogP contribution < -0.4 is 0 Å². The zero-order valence-corrected chi connectivity index (χ0v) is 10.5.